The molecule has 22 heavy (non-hydrogen) atoms. The standard InChI is InChI=1S/C17H20BrN3O/c1-11(16-9-21(3)20-12(16)2)19-8-13-6-14-7-15(18)4-5-17(14)22-10-13/h4-7,9,11,19H,8,10H2,1-3H3/t11-/m1/s1. The summed E-state index contributed by atoms with van der Waals surface area (Å²) >= 11 is 3.50. The van der Waals surface area contributed by atoms with Crippen LogP contribution in [0.2, 0.25) is 0 Å². The minimum atomic E-state index is 0.263. The van der Waals surface area contributed by atoms with Crippen molar-refractivity contribution in [2.75, 3.05) is 13.2 Å². The molecule has 0 saturated heterocycles. The highest BCUT2D eigenvalue weighted by atomic mass is 79.9. The Labute approximate surface area is 139 Å². The Morgan fingerprint density at radius 2 is 2.27 bits per heavy atom. The Morgan fingerprint density at radius 1 is 1.45 bits per heavy atom. The van der Waals surface area contributed by atoms with Crippen LogP contribution in [0.4, 0.5) is 0 Å². The zero-order valence-corrected chi connectivity index (χ0v) is 14.6. The summed E-state index contributed by atoms with van der Waals surface area (Å²) in [6, 6.07) is 6.35. The summed E-state index contributed by atoms with van der Waals surface area (Å²) in [5.41, 5.74) is 4.69. The molecule has 5 heteroatoms. The first kappa shape index (κ1) is 15.3. The highest BCUT2D eigenvalue weighted by Crippen LogP contribution is 2.29. The smallest absolute Gasteiger partial charge is 0.127 e. The van der Waals surface area contributed by atoms with Crippen LogP contribution in [0.15, 0.2) is 34.4 Å². The second-order valence-corrected chi connectivity index (χ2v) is 6.64. The van der Waals surface area contributed by atoms with Gasteiger partial charge in [0.05, 0.1) is 5.69 Å². The van der Waals surface area contributed by atoms with Crippen LogP contribution in [-0.4, -0.2) is 22.9 Å². The molecule has 0 amide bonds. The predicted octanol–water partition coefficient (Wildman–Crippen LogP) is 3.62. The van der Waals surface area contributed by atoms with E-state index in [1.807, 2.05) is 30.8 Å². The van der Waals surface area contributed by atoms with Gasteiger partial charge in [0, 0.05) is 41.4 Å². The average molecular weight is 362 g/mol. The van der Waals surface area contributed by atoms with Crippen molar-refractivity contribution >= 4 is 22.0 Å². The zero-order valence-electron chi connectivity index (χ0n) is 13.1. The van der Waals surface area contributed by atoms with Crippen molar-refractivity contribution in [2.45, 2.75) is 19.9 Å². The van der Waals surface area contributed by atoms with Crippen molar-refractivity contribution < 1.29 is 4.74 Å². The van der Waals surface area contributed by atoms with Crippen molar-refractivity contribution in [3.63, 3.8) is 0 Å². The fourth-order valence-corrected chi connectivity index (χ4v) is 3.11. The molecular formula is C17H20BrN3O. The van der Waals surface area contributed by atoms with Gasteiger partial charge in [0.2, 0.25) is 0 Å². The molecule has 1 aliphatic rings. The lowest BCUT2D eigenvalue weighted by Gasteiger charge is -2.20. The molecule has 0 bridgehead atoms. The molecule has 3 rings (SSSR count). The zero-order chi connectivity index (χ0) is 15.7. The van der Waals surface area contributed by atoms with Crippen molar-refractivity contribution in [3.8, 4) is 5.75 Å². The number of rotatable bonds is 4. The molecule has 1 atom stereocenters. The van der Waals surface area contributed by atoms with E-state index in [1.165, 1.54) is 11.1 Å². The molecule has 0 radical (unpaired) electrons. The number of nitrogens with zero attached hydrogens (tertiary/aromatic N) is 2. The fraction of sp³-hybridized carbons (Fsp3) is 0.353. The lowest BCUT2D eigenvalue weighted by Crippen LogP contribution is -2.24. The average Bonchev–Trinajstić information content (AvgIpc) is 2.83. The summed E-state index contributed by atoms with van der Waals surface area (Å²) in [6.45, 7) is 5.66. The third-order valence-corrected chi connectivity index (χ3v) is 4.39. The summed E-state index contributed by atoms with van der Waals surface area (Å²) in [6.07, 6.45) is 4.28. The number of nitrogens with one attached hydrogen (secondary N) is 1. The van der Waals surface area contributed by atoms with Gasteiger partial charge in [-0.25, -0.2) is 0 Å². The molecule has 1 N–H and O–H groups in total. The second-order valence-electron chi connectivity index (χ2n) is 5.72. The van der Waals surface area contributed by atoms with Crippen LogP contribution in [0.1, 0.15) is 29.8 Å². The van der Waals surface area contributed by atoms with Gasteiger partial charge in [0.25, 0.3) is 0 Å². The Kier molecular flexibility index (Phi) is 4.36. The van der Waals surface area contributed by atoms with Crippen LogP contribution in [0, 0.1) is 6.92 Å². The lowest BCUT2D eigenvalue weighted by molar-refractivity contribution is 0.341. The number of fused-ring (bicyclic) bond motifs is 1. The summed E-state index contributed by atoms with van der Waals surface area (Å²) in [7, 11) is 1.95. The maximum Gasteiger partial charge on any atom is 0.127 e. The van der Waals surface area contributed by atoms with Gasteiger partial charge in [-0.15, -0.1) is 0 Å². The maximum atomic E-state index is 5.81. The largest absolute Gasteiger partial charge is 0.489 e. The summed E-state index contributed by atoms with van der Waals surface area (Å²) in [4.78, 5) is 0. The first-order valence-electron chi connectivity index (χ1n) is 7.38. The van der Waals surface area contributed by atoms with E-state index < -0.39 is 0 Å². The molecule has 116 valence electrons. The second kappa shape index (κ2) is 6.26. The Hall–Kier alpha value is -1.59. The van der Waals surface area contributed by atoms with Crippen LogP contribution < -0.4 is 10.1 Å². The number of benzene rings is 1. The minimum Gasteiger partial charge on any atom is -0.489 e. The van der Waals surface area contributed by atoms with Crippen LogP contribution in [0.3, 0.4) is 0 Å². The van der Waals surface area contributed by atoms with E-state index in [2.05, 4.69) is 51.6 Å². The van der Waals surface area contributed by atoms with E-state index in [0.717, 1.165) is 28.0 Å². The van der Waals surface area contributed by atoms with Crippen LogP contribution in [-0.2, 0) is 7.05 Å². The monoisotopic (exact) mass is 361 g/mol. The molecule has 0 saturated carbocycles. The molecule has 0 spiro atoms. The molecule has 1 aliphatic heterocycles. The Morgan fingerprint density at radius 3 is 3.00 bits per heavy atom. The number of aromatic nitrogens is 2. The molecule has 2 aromatic rings. The fourth-order valence-electron chi connectivity index (χ4n) is 2.73. The van der Waals surface area contributed by atoms with Crippen molar-refractivity contribution in [2.24, 2.45) is 7.05 Å². The van der Waals surface area contributed by atoms with E-state index in [4.69, 9.17) is 4.74 Å². The third kappa shape index (κ3) is 3.25. The van der Waals surface area contributed by atoms with Crippen LogP contribution in [0.25, 0.3) is 6.08 Å². The topological polar surface area (TPSA) is 39.1 Å². The van der Waals surface area contributed by atoms with Gasteiger partial charge >= 0.3 is 0 Å². The number of ether oxygens (including phenoxy) is 1. The van der Waals surface area contributed by atoms with Gasteiger partial charge in [0.15, 0.2) is 0 Å². The number of hydrogen-bond donors (Lipinski definition) is 1. The first-order chi connectivity index (χ1) is 10.5. The molecule has 1 aromatic carbocycles. The molecule has 0 unspecified atom stereocenters. The Balaban J connectivity index is 1.68. The van der Waals surface area contributed by atoms with E-state index in [0.29, 0.717) is 6.61 Å². The first-order valence-corrected chi connectivity index (χ1v) is 8.17. The van der Waals surface area contributed by atoms with Gasteiger partial charge in [0.1, 0.15) is 12.4 Å². The van der Waals surface area contributed by atoms with E-state index in [-0.39, 0.29) is 6.04 Å². The van der Waals surface area contributed by atoms with E-state index in [9.17, 15) is 0 Å². The minimum absolute atomic E-state index is 0.263. The van der Waals surface area contributed by atoms with Gasteiger partial charge in [-0.3, -0.25) is 4.68 Å². The van der Waals surface area contributed by atoms with Crippen molar-refractivity contribution in [1.29, 1.82) is 0 Å². The van der Waals surface area contributed by atoms with E-state index >= 15 is 0 Å². The molecular weight excluding hydrogens is 342 g/mol. The highest BCUT2D eigenvalue weighted by Gasteiger charge is 2.15. The van der Waals surface area contributed by atoms with Gasteiger partial charge in [-0.1, -0.05) is 15.9 Å². The van der Waals surface area contributed by atoms with Gasteiger partial charge < -0.3 is 10.1 Å². The molecule has 4 nitrogen and oxygen atoms in total. The maximum absolute atomic E-state index is 5.81. The number of halogens is 1. The van der Waals surface area contributed by atoms with E-state index in [1.54, 1.807) is 0 Å². The lowest BCUT2D eigenvalue weighted by atomic mass is 10.1. The van der Waals surface area contributed by atoms with Crippen LogP contribution in [0.5, 0.6) is 5.75 Å². The number of hydrogen-bond acceptors (Lipinski definition) is 3. The summed E-state index contributed by atoms with van der Waals surface area (Å²) < 4.78 is 8.74. The SMILES string of the molecule is Cc1nn(C)cc1[C@@H](C)NCC1=Cc2cc(Br)ccc2OC1. The third-order valence-electron chi connectivity index (χ3n) is 3.90. The molecule has 1 aromatic heterocycles. The molecule has 2 heterocycles. The predicted molar refractivity (Wildman–Crippen MR) is 92.0 cm³/mol. The van der Waals surface area contributed by atoms with Crippen molar-refractivity contribution in [1.82, 2.24) is 15.1 Å². The molecule has 0 aliphatic carbocycles. The summed E-state index contributed by atoms with van der Waals surface area (Å²) in [5.74, 6) is 0.947. The number of aryl methyl sites for hydroxylation is 2. The van der Waals surface area contributed by atoms with Crippen molar-refractivity contribution in [3.05, 3.63) is 51.3 Å². The molecule has 0 fully saturated rings. The normalized spacial score (nSPS) is 15.0. The van der Waals surface area contributed by atoms with Gasteiger partial charge in [-0.05, 0) is 43.7 Å². The van der Waals surface area contributed by atoms with Gasteiger partial charge in [-0.2, -0.15) is 5.10 Å². The van der Waals surface area contributed by atoms with Crippen LogP contribution >= 0.6 is 15.9 Å². The quantitative estimate of drug-likeness (QED) is 0.903. The highest BCUT2D eigenvalue weighted by molar-refractivity contribution is 9.10. The summed E-state index contributed by atoms with van der Waals surface area (Å²) in [5, 5.41) is 7.95. The Bertz CT molecular complexity index is 721.